The highest BCUT2D eigenvalue weighted by Crippen LogP contribution is 2.22. The Morgan fingerprint density at radius 2 is 0.909 bits per heavy atom. The Morgan fingerprint density at radius 1 is 0.515 bits per heavy atom. The minimum Gasteiger partial charge on any atom is -0.316 e. The van der Waals surface area contributed by atoms with Crippen LogP contribution in [0, 0.1) is 0 Å². The highest BCUT2D eigenvalue weighted by atomic mass is 15.3. The molecular weight excluding hydrogens is 398 g/mol. The van der Waals surface area contributed by atoms with Gasteiger partial charge in [0.05, 0.1) is 13.1 Å². The first-order valence-electron chi connectivity index (χ1n) is 13.5. The van der Waals surface area contributed by atoms with Gasteiger partial charge in [0.1, 0.15) is 13.1 Å². The van der Waals surface area contributed by atoms with E-state index in [1.807, 2.05) is 0 Å². The van der Waals surface area contributed by atoms with Crippen molar-refractivity contribution in [2.75, 3.05) is 13.1 Å². The molecule has 0 aromatic heterocycles. The third-order valence-corrected chi connectivity index (χ3v) is 6.54. The zero-order valence-electron chi connectivity index (χ0n) is 21.4. The number of quaternary nitrogens is 1. The molecule has 0 heterocycles. The monoisotopic (exact) mass is 446 g/mol. The molecule has 2 aromatic rings. The molecule has 2 aromatic carbocycles. The smallest absolute Gasteiger partial charge is 0.105 e. The zero-order valence-corrected chi connectivity index (χ0v) is 21.4. The Balaban J connectivity index is 2.12. The molecule has 0 aliphatic rings. The molecule has 180 valence electrons. The third kappa shape index (κ3) is 12.1. The molecule has 0 N–H and O–H groups in total. The van der Waals surface area contributed by atoms with Crippen molar-refractivity contribution in [2.45, 2.75) is 91.1 Å². The van der Waals surface area contributed by atoms with Crippen molar-refractivity contribution in [1.29, 1.82) is 0 Å². The van der Waals surface area contributed by atoms with Gasteiger partial charge in [-0.05, 0) is 25.7 Å². The van der Waals surface area contributed by atoms with E-state index in [4.69, 9.17) is 0 Å². The summed E-state index contributed by atoms with van der Waals surface area (Å²) < 4.78 is 1.12. The standard InChI is InChI=1S/C32H48N/c1-3-5-7-9-11-13-21-27-33(29-31-23-17-15-18-24-31,30-32-25-19-16-20-26-32)28-22-14-12-10-8-6-4-2/h11-20,23-26H,3-10,21-22,27-30H2,1-2H3/q+1/b13-11+,14-12+. The maximum absolute atomic E-state index is 2.44. The fraction of sp³-hybridized carbons (Fsp3) is 0.500. The lowest BCUT2D eigenvalue weighted by atomic mass is 10.1. The van der Waals surface area contributed by atoms with Gasteiger partial charge in [0.15, 0.2) is 0 Å². The minimum absolute atomic E-state index is 1.10. The summed E-state index contributed by atoms with van der Waals surface area (Å²) in [7, 11) is 0. The molecule has 0 saturated heterocycles. The lowest BCUT2D eigenvalue weighted by Crippen LogP contribution is -2.47. The molecule has 0 bridgehead atoms. The van der Waals surface area contributed by atoms with Gasteiger partial charge in [0, 0.05) is 24.0 Å². The van der Waals surface area contributed by atoms with Crippen molar-refractivity contribution in [3.63, 3.8) is 0 Å². The van der Waals surface area contributed by atoms with Crippen molar-refractivity contribution in [2.24, 2.45) is 0 Å². The number of nitrogens with zero attached hydrogens (tertiary/aromatic N) is 1. The van der Waals surface area contributed by atoms with E-state index in [9.17, 15) is 0 Å². The second-order valence-electron chi connectivity index (χ2n) is 9.59. The first-order chi connectivity index (χ1) is 16.3. The second kappa shape index (κ2) is 17.4. The van der Waals surface area contributed by atoms with E-state index in [1.165, 1.54) is 75.6 Å². The Labute approximate surface area is 204 Å². The normalized spacial score (nSPS) is 12.2. The van der Waals surface area contributed by atoms with Crippen LogP contribution in [0.4, 0.5) is 0 Å². The number of hydrogen-bond acceptors (Lipinski definition) is 0. The molecule has 0 spiro atoms. The molecule has 0 amide bonds. The summed E-state index contributed by atoms with van der Waals surface area (Å²) in [6.07, 6.45) is 22.4. The maximum atomic E-state index is 2.44. The summed E-state index contributed by atoms with van der Waals surface area (Å²) in [5.41, 5.74) is 2.90. The van der Waals surface area contributed by atoms with Gasteiger partial charge in [-0.15, -0.1) is 0 Å². The van der Waals surface area contributed by atoms with Crippen LogP contribution in [0.3, 0.4) is 0 Å². The predicted molar refractivity (Wildman–Crippen MR) is 146 cm³/mol. The van der Waals surface area contributed by atoms with E-state index in [-0.39, 0.29) is 0 Å². The maximum Gasteiger partial charge on any atom is 0.105 e. The van der Waals surface area contributed by atoms with Gasteiger partial charge in [-0.3, -0.25) is 0 Å². The fourth-order valence-corrected chi connectivity index (χ4v) is 4.62. The minimum atomic E-state index is 1.10. The molecular formula is C32H48N+. The van der Waals surface area contributed by atoms with Gasteiger partial charge in [-0.1, -0.05) is 124 Å². The van der Waals surface area contributed by atoms with Crippen molar-refractivity contribution >= 4 is 0 Å². The number of allylic oxidation sites excluding steroid dienone is 2. The lowest BCUT2D eigenvalue weighted by molar-refractivity contribution is -0.953. The van der Waals surface area contributed by atoms with Crippen LogP contribution in [-0.4, -0.2) is 17.6 Å². The van der Waals surface area contributed by atoms with Gasteiger partial charge in [0.25, 0.3) is 0 Å². The van der Waals surface area contributed by atoms with Crippen LogP contribution in [0.1, 0.15) is 89.2 Å². The summed E-state index contributed by atoms with van der Waals surface area (Å²) in [6, 6.07) is 22.2. The van der Waals surface area contributed by atoms with E-state index in [0.717, 1.165) is 30.4 Å². The van der Waals surface area contributed by atoms with Crippen molar-refractivity contribution in [3.8, 4) is 0 Å². The number of benzene rings is 2. The Kier molecular flexibility index (Phi) is 14.3. The van der Waals surface area contributed by atoms with Crippen LogP contribution in [0.2, 0.25) is 0 Å². The molecule has 1 heteroatoms. The van der Waals surface area contributed by atoms with Crippen LogP contribution in [0.5, 0.6) is 0 Å². The summed E-state index contributed by atoms with van der Waals surface area (Å²) >= 11 is 0. The molecule has 1 nitrogen and oxygen atoms in total. The van der Waals surface area contributed by atoms with Gasteiger partial charge in [-0.2, -0.15) is 0 Å². The van der Waals surface area contributed by atoms with E-state index < -0.39 is 0 Å². The quantitative estimate of drug-likeness (QED) is 0.122. The van der Waals surface area contributed by atoms with Crippen LogP contribution < -0.4 is 0 Å². The van der Waals surface area contributed by atoms with E-state index in [2.05, 4.69) is 98.8 Å². The summed E-state index contributed by atoms with van der Waals surface area (Å²) in [6.45, 7) is 9.14. The Morgan fingerprint density at radius 3 is 1.30 bits per heavy atom. The fourth-order valence-electron chi connectivity index (χ4n) is 4.62. The van der Waals surface area contributed by atoms with Crippen molar-refractivity contribution in [1.82, 2.24) is 0 Å². The van der Waals surface area contributed by atoms with Gasteiger partial charge in [0.2, 0.25) is 0 Å². The van der Waals surface area contributed by atoms with Crippen LogP contribution in [-0.2, 0) is 13.1 Å². The van der Waals surface area contributed by atoms with Crippen molar-refractivity contribution < 1.29 is 4.48 Å². The third-order valence-electron chi connectivity index (χ3n) is 6.54. The summed E-state index contributed by atoms with van der Waals surface area (Å²) in [4.78, 5) is 0. The molecule has 0 aliphatic carbocycles. The van der Waals surface area contributed by atoms with E-state index >= 15 is 0 Å². The first kappa shape index (κ1) is 27.1. The largest absolute Gasteiger partial charge is 0.316 e. The van der Waals surface area contributed by atoms with Crippen LogP contribution in [0.15, 0.2) is 85.0 Å². The van der Waals surface area contributed by atoms with Crippen molar-refractivity contribution in [3.05, 3.63) is 96.1 Å². The SMILES string of the molecule is CCCCC/C=C/CC[N+](CC/C=C/CCCCC)(Cc1ccccc1)Cc1ccccc1. The van der Waals surface area contributed by atoms with Gasteiger partial charge >= 0.3 is 0 Å². The van der Waals surface area contributed by atoms with Gasteiger partial charge < -0.3 is 4.48 Å². The molecule has 0 fully saturated rings. The highest BCUT2D eigenvalue weighted by molar-refractivity contribution is 5.15. The van der Waals surface area contributed by atoms with E-state index in [0.29, 0.717) is 0 Å². The Bertz CT molecular complexity index is 692. The highest BCUT2D eigenvalue weighted by Gasteiger charge is 2.27. The van der Waals surface area contributed by atoms with Crippen LogP contribution >= 0.6 is 0 Å². The molecule has 0 aliphatic heterocycles. The zero-order chi connectivity index (χ0) is 23.5. The van der Waals surface area contributed by atoms with E-state index in [1.54, 1.807) is 0 Å². The number of unbranched alkanes of at least 4 members (excludes halogenated alkanes) is 6. The second-order valence-corrected chi connectivity index (χ2v) is 9.59. The topological polar surface area (TPSA) is 0 Å². The number of rotatable bonds is 18. The lowest BCUT2D eigenvalue weighted by Gasteiger charge is -2.39. The predicted octanol–water partition coefficient (Wildman–Crippen LogP) is 9.26. The molecule has 33 heavy (non-hydrogen) atoms. The number of hydrogen-bond donors (Lipinski definition) is 0. The first-order valence-corrected chi connectivity index (χ1v) is 13.5. The molecule has 2 rings (SSSR count). The summed E-state index contributed by atoms with van der Waals surface area (Å²) in [5.74, 6) is 0. The average molecular weight is 447 g/mol. The van der Waals surface area contributed by atoms with Gasteiger partial charge in [-0.25, -0.2) is 0 Å². The molecule has 0 atom stereocenters. The molecule has 0 unspecified atom stereocenters. The molecule has 0 radical (unpaired) electrons. The average Bonchev–Trinajstić information content (AvgIpc) is 2.84. The Hall–Kier alpha value is -2.12. The summed E-state index contributed by atoms with van der Waals surface area (Å²) in [5, 5.41) is 0. The molecule has 0 saturated carbocycles. The van der Waals surface area contributed by atoms with Crippen LogP contribution in [0.25, 0.3) is 0 Å².